The first kappa shape index (κ1) is 21.8. The monoisotopic (exact) mass is 482 g/mol. The molecule has 0 bridgehead atoms. The minimum atomic E-state index is -0.0541. The van der Waals surface area contributed by atoms with Crippen molar-refractivity contribution in [1.82, 2.24) is 14.5 Å². The van der Waals surface area contributed by atoms with Gasteiger partial charge in [-0.15, -0.1) is 0 Å². The summed E-state index contributed by atoms with van der Waals surface area (Å²) in [5, 5.41) is 13.9. The number of nitrogens with zero attached hydrogens (tertiary/aromatic N) is 5. The number of fused-ring (bicyclic) bond motifs is 5. The van der Waals surface area contributed by atoms with Gasteiger partial charge in [0.05, 0.1) is 23.7 Å². The molecule has 6 rings (SSSR count). The highest BCUT2D eigenvalue weighted by Gasteiger charge is 2.49. The maximum absolute atomic E-state index is 13.8. The number of phenols is 1. The fraction of sp³-hybridized carbons (Fsp3) is 0.560. The van der Waals surface area contributed by atoms with Gasteiger partial charge in [-0.05, 0) is 56.7 Å². The van der Waals surface area contributed by atoms with Crippen molar-refractivity contribution < 1.29 is 9.90 Å². The zero-order valence-corrected chi connectivity index (χ0v) is 20.3. The molecule has 2 N–H and O–H groups in total. The van der Waals surface area contributed by atoms with Gasteiger partial charge < -0.3 is 10.4 Å². The maximum Gasteiger partial charge on any atom is 0.281 e. The van der Waals surface area contributed by atoms with E-state index in [4.69, 9.17) is 21.6 Å². The molecule has 2 atom stereocenters. The van der Waals surface area contributed by atoms with Crippen LogP contribution in [0.4, 0.5) is 11.8 Å². The van der Waals surface area contributed by atoms with Crippen molar-refractivity contribution in [3.8, 4) is 5.75 Å². The largest absolute Gasteiger partial charge is 0.506 e. The number of imidazole rings is 1. The highest BCUT2D eigenvalue weighted by Crippen LogP contribution is 2.42. The smallest absolute Gasteiger partial charge is 0.281 e. The summed E-state index contributed by atoms with van der Waals surface area (Å²) in [6.45, 7) is 3.00. The Morgan fingerprint density at radius 3 is 2.74 bits per heavy atom. The summed E-state index contributed by atoms with van der Waals surface area (Å²) in [5.74, 6) is 2.22. The minimum absolute atomic E-state index is 0.0528. The van der Waals surface area contributed by atoms with Crippen molar-refractivity contribution in [3.05, 3.63) is 34.5 Å². The molecule has 2 fully saturated rings. The Hall–Kier alpha value is -2.74. The Balaban J connectivity index is 1.46. The number of hydrogen-bond donors (Lipinski definition) is 2. The van der Waals surface area contributed by atoms with E-state index >= 15 is 0 Å². The number of amides is 1. The number of guanidine groups is 1. The van der Waals surface area contributed by atoms with Gasteiger partial charge in [0.25, 0.3) is 5.91 Å². The van der Waals surface area contributed by atoms with E-state index < -0.39 is 0 Å². The molecule has 9 heteroatoms. The molecule has 2 saturated carbocycles. The van der Waals surface area contributed by atoms with Crippen LogP contribution in [0.2, 0.25) is 5.02 Å². The van der Waals surface area contributed by atoms with Crippen LogP contribution in [0.3, 0.4) is 0 Å². The number of phenolic OH excluding ortho intramolecular Hbond substituents is 1. The number of aromatic nitrogens is 2. The van der Waals surface area contributed by atoms with Crippen LogP contribution in [0.1, 0.15) is 74.3 Å². The lowest BCUT2D eigenvalue weighted by molar-refractivity contribution is 0.0836. The fourth-order valence-corrected chi connectivity index (χ4v) is 6.23. The highest BCUT2D eigenvalue weighted by molar-refractivity contribution is 6.32. The topological polar surface area (TPSA) is 86.0 Å². The molecule has 0 spiro atoms. The second-order valence-electron chi connectivity index (χ2n) is 9.87. The van der Waals surface area contributed by atoms with E-state index in [0.717, 1.165) is 55.4 Å². The molecule has 34 heavy (non-hydrogen) atoms. The Kier molecular flexibility index (Phi) is 5.43. The summed E-state index contributed by atoms with van der Waals surface area (Å²) in [6, 6.07) is 6.06. The van der Waals surface area contributed by atoms with Crippen LogP contribution in [-0.2, 0) is 6.54 Å². The van der Waals surface area contributed by atoms with Gasteiger partial charge in [-0.1, -0.05) is 36.9 Å². The number of aliphatic imine (C=N–C) groups is 1. The summed E-state index contributed by atoms with van der Waals surface area (Å²) in [6.07, 6.45) is 9.19. The van der Waals surface area contributed by atoms with Crippen LogP contribution in [0.5, 0.6) is 5.75 Å². The van der Waals surface area contributed by atoms with Crippen molar-refractivity contribution in [3.63, 3.8) is 0 Å². The molecule has 0 radical (unpaired) electrons. The number of aromatic hydroxyl groups is 1. The summed E-state index contributed by atoms with van der Waals surface area (Å²) < 4.78 is 2.01. The van der Waals surface area contributed by atoms with E-state index in [-0.39, 0.29) is 23.7 Å². The SMILES string of the molecule is CCN1C(=O)c2c(nc(NC3CCCCC3)n2Cc2ccc(O)c(Cl)c2)N2C1=N[C@@H]1CCC[C@@H]12. The molecular formula is C25H31ClN6O2. The average molecular weight is 483 g/mol. The van der Waals surface area contributed by atoms with Crippen LogP contribution < -0.4 is 10.2 Å². The third kappa shape index (κ3) is 3.45. The van der Waals surface area contributed by atoms with Gasteiger partial charge in [0.1, 0.15) is 5.75 Å². The lowest BCUT2D eigenvalue weighted by Gasteiger charge is -2.35. The van der Waals surface area contributed by atoms with E-state index in [1.54, 1.807) is 17.0 Å². The van der Waals surface area contributed by atoms with Gasteiger partial charge in [-0.2, -0.15) is 4.98 Å². The average Bonchev–Trinajstić information content (AvgIpc) is 3.51. The van der Waals surface area contributed by atoms with Crippen molar-refractivity contribution >= 4 is 35.2 Å². The number of carbonyl (C=O) groups is 1. The fourth-order valence-electron chi connectivity index (χ4n) is 6.03. The molecule has 3 heterocycles. The first-order valence-electron chi connectivity index (χ1n) is 12.6. The van der Waals surface area contributed by atoms with E-state index in [1.807, 2.05) is 17.6 Å². The Labute approximate surface area is 204 Å². The zero-order valence-electron chi connectivity index (χ0n) is 19.5. The van der Waals surface area contributed by atoms with E-state index in [1.165, 1.54) is 19.3 Å². The highest BCUT2D eigenvalue weighted by atomic mass is 35.5. The van der Waals surface area contributed by atoms with Crippen molar-refractivity contribution in [2.45, 2.75) is 83.0 Å². The van der Waals surface area contributed by atoms with Crippen LogP contribution in [0, 0.1) is 0 Å². The molecule has 2 aliphatic heterocycles. The van der Waals surface area contributed by atoms with Gasteiger partial charge in [0, 0.05) is 12.6 Å². The second kappa shape index (κ2) is 8.48. The Morgan fingerprint density at radius 1 is 1.15 bits per heavy atom. The van der Waals surface area contributed by atoms with Crippen molar-refractivity contribution in [1.29, 1.82) is 0 Å². The minimum Gasteiger partial charge on any atom is -0.506 e. The predicted molar refractivity (Wildman–Crippen MR) is 133 cm³/mol. The first-order chi connectivity index (χ1) is 16.5. The molecule has 4 aliphatic rings. The van der Waals surface area contributed by atoms with Crippen LogP contribution >= 0.6 is 11.6 Å². The standard InChI is InChI=1S/C25H31ClN6O2/c1-2-30-23(34)21-22(32-19-10-6-9-18(19)28-25(30)32)29-24(27-16-7-4-3-5-8-16)31(21)14-15-11-12-20(33)17(26)13-15/h11-13,16,18-19,33H,2-10,14H2,1H3,(H,27,29)/t18-,19+/m1/s1. The number of hydrogen-bond acceptors (Lipinski definition) is 6. The quantitative estimate of drug-likeness (QED) is 0.650. The molecule has 8 nitrogen and oxygen atoms in total. The van der Waals surface area contributed by atoms with Gasteiger partial charge in [0.2, 0.25) is 11.9 Å². The van der Waals surface area contributed by atoms with E-state index in [0.29, 0.717) is 29.8 Å². The summed E-state index contributed by atoms with van der Waals surface area (Å²) in [4.78, 5) is 27.9. The third-order valence-electron chi connectivity index (χ3n) is 7.75. The second-order valence-corrected chi connectivity index (χ2v) is 10.3. The number of carbonyl (C=O) groups excluding carboxylic acids is 1. The molecule has 180 valence electrons. The Morgan fingerprint density at radius 2 is 1.97 bits per heavy atom. The van der Waals surface area contributed by atoms with Crippen molar-refractivity contribution in [2.24, 2.45) is 4.99 Å². The molecular weight excluding hydrogens is 452 g/mol. The van der Waals surface area contributed by atoms with Gasteiger partial charge in [0.15, 0.2) is 11.5 Å². The molecule has 0 saturated heterocycles. The van der Waals surface area contributed by atoms with E-state index in [2.05, 4.69) is 10.2 Å². The number of anilines is 2. The number of rotatable bonds is 5. The number of nitrogens with one attached hydrogen (secondary N) is 1. The summed E-state index contributed by atoms with van der Waals surface area (Å²) in [7, 11) is 0. The molecule has 0 unspecified atom stereocenters. The van der Waals surface area contributed by atoms with Crippen LogP contribution in [0.15, 0.2) is 23.2 Å². The van der Waals surface area contributed by atoms with Crippen LogP contribution in [-0.4, -0.2) is 56.1 Å². The van der Waals surface area contributed by atoms with Crippen molar-refractivity contribution in [2.75, 3.05) is 16.8 Å². The van der Waals surface area contributed by atoms with E-state index in [9.17, 15) is 9.90 Å². The zero-order chi connectivity index (χ0) is 23.4. The summed E-state index contributed by atoms with van der Waals surface area (Å²) in [5.41, 5.74) is 1.51. The lowest BCUT2D eigenvalue weighted by atomic mass is 9.96. The maximum atomic E-state index is 13.8. The van der Waals surface area contributed by atoms with Gasteiger partial charge in [-0.3, -0.25) is 19.2 Å². The molecule has 1 aromatic carbocycles. The summed E-state index contributed by atoms with van der Waals surface area (Å²) >= 11 is 6.21. The lowest BCUT2D eigenvalue weighted by Crippen LogP contribution is -2.53. The molecule has 2 aliphatic carbocycles. The Bertz CT molecular complexity index is 1150. The predicted octanol–water partition coefficient (Wildman–Crippen LogP) is 4.61. The number of benzene rings is 1. The third-order valence-corrected chi connectivity index (χ3v) is 8.05. The first-order valence-corrected chi connectivity index (χ1v) is 13.0. The number of halogens is 1. The van der Waals surface area contributed by atoms with Crippen LogP contribution in [0.25, 0.3) is 0 Å². The molecule has 1 aromatic heterocycles. The molecule has 2 aromatic rings. The van der Waals surface area contributed by atoms with Gasteiger partial charge in [-0.25, -0.2) is 4.99 Å². The van der Waals surface area contributed by atoms with Gasteiger partial charge >= 0.3 is 0 Å². The molecule has 1 amide bonds. The normalized spacial score (nSPS) is 24.2.